The van der Waals surface area contributed by atoms with Crippen molar-refractivity contribution in [3.8, 4) is 89.5 Å². The number of hydrogen-bond acceptors (Lipinski definition) is 2. The van der Waals surface area contributed by atoms with E-state index in [0.717, 1.165) is 176 Å². The molecule has 21 rings (SSSR count). The van der Waals surface area contributed by atoms with Gasteiger partial charge in [-0.1, -0.05) is 218 Å². The third-order valence-electron chi connectivity index (χ3n) is 20.6. The molecular weight excluding hydrogens is 1160 g/mol. The molecule has 96 heavy (non-hydrogen) atoms. The van der Waals surface area contributed by atoms with Crippen LogP contribution in [0.25, 0.3) is 219 Å². The lowest BCUT2D eigenvalue weighted by molar-refractivity contribution is 1.39. The topological polar surface area (TPSA) is 57.4 Å². The molecule has 4 heterocycles. The Kier molecular flexibility index (Phi) is 11.2. The van der Waals surface area contributed by atoms with Crippen molar-refractivity contribution in [3.63, 3.8) is 0 Å². The molecular formula is C92H54N4. The summed E-state index contributed by atoms with van der Waals surface area (Å²) in [5, 5.41) is 23.1. The molecule has 4 heteroatoms. The molecule has 0 amide bonds. The Morgan fingerprint density at radius 3 is 0.542 bits per heavy atom. The smallest absolute Gasteiger partial charge is 0.0816 e. The van der Waals surface area contributed by atoms with Crippen molar-refractivity contribution in [1.82, 2.24) is 19.9 Å². The summed E-state index contributed by atoms with van der Waals surface area (Å²) in [5.74, 6) is 0. The maximum atomic E-state index is 6.34. The lowest BCUT2D eigenvalue weighted by Gasteiger charge is -2.11. The average molecular weight is 1220 g/mol. The van der Waals surface area contributed by atoms with Crippen LogP contribution >= 0.6 is 0 Å². The van der Waals surface area contributed by atoms with Gasteiger partial charge in [-0.3, -0.25) is 0 Å². The summed E-state index contributed by atoms with van der Waals surface area (Å²) < 4.78 is 0. The van der Waals surface area contributed by atoms with Gasteiger partial charge in [-0.05, 0) is 205 Å². The highest BCUT2D eigenvalue weighted by atomic mass is 14.8. The zero-order valence-corrected chi connectivity index (χ0v) is 51.9. The Hall–Kier alpha value is -12.8. The normalized spacial score (nSPS) is 12.2. The van der Waals surface area contributed by atoms with E-state index in [4.69, 9.17) is 9.97 Å². The first kappa shape index (κ1) is 52.8. The maximum Gasteiger partial charge on any atom is 0.0816 e. The predicted molar refractivity (Wildman–Crippen MR) is 407 cm³/mol. The van der Waals surface area contributed by atoms with Crippen LogP contribution in [0.3, 0.4) is 0 Å². The first-order valence-corrected chi connectivity index (χ1v) is 33.1. The van der Waals surface area contributed by atoms with Crippen LogP contribution in [0.15, 0.2) is 315 Å². The molecule has 3 aliphatic rings. The second kappa shape index (κ2) is 20.4. The fourth-order valence-corrected chi connectivity index (χ4v) is 16.1. The first-order chi connectivity index (χ1) is 47.5. The largest absolute Gasteiger partial charge is 0.353 e. The number of H-pyrrole nitrogens is 2. The summed E-state index contributed by atoms with van der Waals surface area (Å²) in [6, 6.07) is 117. The molecule has 8 bridgehead atoms. The van der Waals surface area contributed by atoms with E-state index in [0.29, 0.717) is 0 Å². The van der Waals surface area contributed by atoms with Crippen LogP contribution in [0, 0.1) is 0 Å². The molecule has 0 saturated heterocycles. The fraction of sp³-hybridized carbons (Fsp3) is 0. The summed E-state index contributed by atoms with van der Waals surface area (Å²) in [7, 11) is 0. The van der Waals surface area contributed by atoms with Crippen molar-refractivity contribution >= 4 is 130 Å². The van der Waals surface area contributed by atoms with E-state index in [1.54, 1.807) is 0 Å². The molecule has 442 valence electrons. The quantitative estimate of drug-likeness (QED) is 0.173. The number of aromatic amines is 2. The number of hydrogen-bond donors (Lipinski definition) is 2. The van der Waals surface area contributed by atoms with E-state index < -0.39 is 0 Å². The van der Waals surface area contributed by atoms with Gasteiger partial charge in [0.1, 0.15) is 0 Å². The molecule has 0 atom stereocenters. The molecule has 2 aliphatic heterocycles. The summed E-state index contributed by atoms with van der Waals surface area (Å²) in [6.07, 6.45) is 0. The third-order valence-corrected chi connectivity index (χ3v) is 20.6. The molecule has 0 unspecified atom stereocenters. The second-order valence-corrected chi connectivity index (χ2v) is 26.1. The highest BCUT2D eigenvalue weighted by Crippen LogP contribution is 2.54. The first-order valence-electron chi connectivity index (χ1n) is 33.1. The van der Waals surface area contributed by atoms with Crippen LogP contribution in [0.1, 0.15) is 0 Å². The summed E-state index contributed by atoms with van der Waals surface area (Å²) in [4.78, 5) is 21.5. The number of fused-ring (bicyclic) bond motifs is 8. The van der Waals surface area contributed by atoms with Gasteiger partial charge in [-0.25, -0.2) is 9.97 Å². The van der Waals surface area contributed by atoms with Crippen LogP contribution in [-0.4, -0.2) is 19.9 Å². The van der Waals surface area contributed by atoms with Crippen LogP contribution in [0.2, 0.25) is 0 Å². The molecule has 0 fully saturated rings. The van der Waals surface area contributed by atoms with Gasteiger partial charge >= 0.3 is 0 Å². The average Bonchev–Trinajstić information content (AvgIpc) is 1.54. The third kappa shape index (κ3) is 8.03. The Bertz CT molecular complexity index is 5970. The van der Waals surface area contributed by atoms with Gasteiger partial charge in [-0.15, -0.1) is 0 Å². The van der Waals surface area contributed by atoms with Gasteiger partial charge < -0.3 is 9.97 Å². The fourth-order valence-electron chi connectivity index (χ4n) is 16.1. The van der Waals surface area contributed by atoms with E-state index >= 15 is 0 Å². The number of aromatic nitrogens is 4. The van der Waals surface area contributed by atoms with Crippen molar-refractivity contribution in [2.45, 2.75) is 0 Å². The number of rotatable bonds is 4. The number of benzene rings is 16. The van der Waals surface area contributed by atoms with Gasteiger partial charge in [0.2, 0.25) is 0 Å². The molecule has 0 saturated carbocycles. The number of nitrogens with one attached hydrogen (secondary N) is 2. The summed E-state index contributed by atoms with van der Waals surface area (Å²) >= 11 is 0. The Morgan fingerprint density at radius 2 is 0.344 bits per heavy atom. The van der Waals surface area contributed by atoms with Crippen molar-refractivity contribution in [2.75, 3.05) is 0 Å². The minimum absolute atomic E-state index is 0.888. The van der Waals surface area contributed by atoms with Gasteiger partial charge in [0.25, 0.3) is 0 Å². The van der Waals surface area contributed by atoms with Crippen LogP contribution in [0.4, 0.5) is 0 Å². The second-order valence-electron chi connectivity index (χ2n) is 26.1. The molecule has 16 aromatic carbocycles. The van der Waals surface area contributed by atoms with E-state index in [-0.39, 0.29) is 0 Å². The molecule has 18 aromatic rings. The van der Waals surface area contributed by atoms with Gasteiger partial charge in [0.15, 0.2) is 0 Å². The van der Waals surface area contributed by atoms with Crippen molar-refractivity contribution in [3.05, 3.63) is 315 Å². The molecule has 4 nitrogen and oxygen atoms in total. The molecule has 0 spiro atoms. The number of nitrogens with zero attached hydrogens (tertiary/aromatic N) is 2. The monoisotopic (exact) mass is 1210 g/mol. The molecule has 2 N–H and O–H groups in total. The van der Waals surface area contributed by atoms with Gasteiger partial charge in [-0.2, -0.15) is 0 Å². The zero-order chi connectivity index (χ0) is 62.7. The molecule has 1 aliphatic carbocycles. The van der Waals surface area contributed by atoms with Crippen molar-refractivity contribution in [2.24, 2.45) is 0 Å². The standard InChI is InChI=1S/C92H54N4/c1-5-21-53(22-6-1)81-85-73-45-65-37-57-29-13-15-31-59(57)39-67(65)47-75(73)87(93-85)82(54-23-7-2-8-24-54)89-77-49-69-41-61-33-17-19-35-63(61)43-71(69)51-79(77)91(95-89)84(56-27-11-4-12-28-56)92-80-52-72-44-64-36-20-18-34-62(64)42-70(72)50-78(80)90(96-92)83(55-25-9-3-10-26-55)88-76-48-68-40-60-32-16-14-30-58(60)38-66(68)46-74(76)86(81)94-88/h1-52,93,96H. The summed E-state index contributed by atoms with van der Waals surface area (Å²) in [5.41, 5.74) is 19.9. The zero-order valence-electron chi connectivity index (χ0n) is 51.9. The minimum Gasteiger partial charge on any atom is -0.353 e. The van der Waals surface area contributed by atoms with Crippen LogP contribution in [0.5, 0.6) is 0 Å². The SMILES string of the molecule is c1ccc(-c2c3nc(c(-c4ccccc4)c4[nH]c(c(-c5ccccc5)c5nc(c(-c6ccccc6)c6[nH]c2c2cc7cc8ccccc8cc7cc62)-c2cc6cc7ccccc7cc6cc2-5)c2cc5cc6ccccc6cc5cc42)-c2cc4cc5ccccc5cc4cc2-3)cc1. The lowest BCUT2D eigenvalue weighted by atomic mass is 9.90. The highest BCUT2D eigenvalue weighted by Gasteiger charge is 2.31. The van der Waals surface area contributed by atoms with E-state index in [1.807, 2.05) is 0 Å². The lowest BCUT2D eigenvalue weighted by Crippen LogP contribution is -1.88. The predicted octanol–water partition coefficient (Wildman–Crippen LogP) is 25.2. The van der Waals surface area contributed by atoms with Crippen molar-refractivity contribution < 1.29 is 0 Å². The minimum atomic E-state index is 0.888. The molecule has 0 radical (unpaired) electrons. The maximum absolute atomic E-state index is 6.34. The van der Waals surface area contributed by atoms with E-state index in [1.165, 1.54) is 43.1 Å². The van der Waals surface area contributed by atoms with Gasteiger partial charge in [0, 0.05) is 66.1 Å². The summed E-state index contributed by atoms with van der Waals surface area (Å²) in [6.45, 7) is 0. The van der Waals surface area contributed by atoms with Crippen LogP contribution < -0.4 is 0 Å². The Balaban J connectivity index is 1.08. The van der Waals surface area contributed by atoms with Gasteiger partial charge in [0.05, 0.1) is 44.8 Å². The highest BCUT2D eigenvalue weighted by molar-refractivity contribution is 6.26. The van der Waals surface area contributed by atoms with Crippen molar-refractivity contribution in [1.29, 1.82) is 0 Å². The van der Waals surface area contributed by atoms with E-state index in [2.05, 4.69) is 325 Å². The Morgan fingerprint density at radius 1 is 0.167 bits per heavy atom. The Labute approximate surface area is 551 Å². The molecule has 2 aromatic heterocycles. The van der Waals surface area contributed by atoms with Crippen LogP contribution in [-0.2, 0) is 0 Å². The van der Waals surface area contributed by atoms with E-state index in [9.17, 15) is 0 Å².